The lowest BCUT2D eigenvalue weighted by atomic mass is 10.1. The molecule has 1 saturated heterocycles. The normalized spacial score (nSPS) is 14.9. The van der Waals surface area contributed by atoms with E-state index in [-0.39, 0.29) is 11.6 Å². The maximum Gasteiger partial charge on any atom is 0.144 e. The lowest BCUT2D eigenvalue weighted by Crippen LogP contribution is -2.49. The molecule has 0 atom stereocenters. The molecule has 2 aliphatic rings. The zero-order valence-corrected chi connectivity index (χ0v) is 20.8. The first-order valence-corrected chi connectivity index (χ1v) is 12.1. The van der Waals surface area contributed by atoms with Crippen LogP contribution in [0.2, 0.25) is 5.02 Å². The summed E-state index contributed by atoms with van der Waals surface area (Å²) in [5, 5.41) is 12.2. The van der Waals surface area contributed by atoms with Crippen LogP contribution in [0.25, 0.3) is 0 Å². The Morgan fingerprint density at radius 3 is 2.42 bits per heavy atom. The van der Waals surface area contributed by atoms with Crippen LogP contribution in [0.15, 0.2) is 41.4 Å². The topological polar surface area (TPSA) is 60.3 Å². The minimum Gasteiger partial charge on any atom is -0.394 e. The smallest absolute Gasteiger partial charge is 0.144 e. The van der Waals surface area contributed by atoms with Gasteiger partial charge in [-0.3, -0.25) is 4.90 Å². The molecule has 0 aromatic heterocycles. The highest BCUT2D eigenvalue weighted by atomic mass is 35.5. The van der Waals surface area contributed by atoms with E-state index in [0.29, 0.717) is 24.6 Å². The van der Waals surface area contributed by atoms with Crippen molar-refractivity contribution in [3.05, 3.63) is 52.8 Å². The number of fused-ring (bicyclic) bond motifs is 2. The number of nitrogens with zero attached hydrogens (tertiary/aromatic N) is 3. The number of rotatable bonds is 5. The van der Waals surface area contributed by atoms with Gasteiger partial charge in [0, 0.05) is 50.0 Å². The molecule has 0 radical (unpaired) electrons. The molecule has 0 saturated carbocycles. The molecule has 4 rings (SSSR count). The van der Waals surface area contributed by atoms with E-state index in [0.717, 1.165) is 49.8 Å². The van der Waals surface area contributed by atoms with Gasteiger partial charge in [0.05, 0.1) is 36.2 Å². The van der Waals surface area contributed by atoms with Crippen LogP contribution < -0.4 is 5.32 Å². The summed E-state index contributed by atoms with van der Waals surface area (Å²) in [6, 6.07) is 10.9. The number of benzene rings is 2. The Bertz CT molecular complexity index is 902. The van der Waals surface area contributed by atoms with Gasteiger partial charge in [-0.05, 0) is 18.2 Å². The molecule has 2 heterocycles. The van der Waals surface area contributed by atoms with Crippen molar-refractivity contribution in [2.45, 2.75) is 27.7 Å². The van der Waals surface area contributed by atoms with E-state index in [1.54, 1.807) is 6.07 Å². The van der Waals surface area contributed by atoms with Gasteiger partial charge in [0.1, 0.15) is 11.7 Å². The number of piperazine rings is 1. The molecular weight excluding hydrogens is 443 g/mol. The maximum absolute atomic E-state index is 14.0. The Morgan fingerprint density at radius 2 is 1.73 bits per heavy atom. The molecule has 33 heavy (non-hydrogen) atoms. The number of halogens is 2. The first kappa shape index (κ1) is 27.1. The largest absolute Gasteiger partial charge is 0.394 e. The summed E-state index contributed by atoms with van der Waals surface area (Å²) in [5.41, 5.74) is 3.11. The Labute approximate surface area is 202 Å². The summed E-state index contributed by atoms with van der Waals surface area (Å²) in [5.74, 6) is 0.400. The van der Waals surface area contributed by atoms with Crippen LogP contribution in [0.5, 0.6) is 0 Å². The third-order valence-electron chi connectivity index (χ3n) is 5.16. The maximum atomic E-state index is 14.0. The summed E-state index contributed by atoms with van der Waals surface area (Å²) < 4.78 is 19.4. The molecule has 2 N–H and O–H groups in total. The molecule has 2 aliphatic heterocycles. The Morgan fingerprint density at radius 1 is 1.03 bits per heavy atom. The van der Waals surface area contributed by atoms with Crippen LogP contribution in [0, 0.1) is 5.82 Å². The van der Waals surface area contributed by atoms with Crippen LogP contribution in [0.1, 0.15) is 33.3 Å². The van der Waals surface area contributed by atoms with Crippen molar-refractivity contribution >= 4 is 34.5 Å². The van der Waals surface area contributed by atoms with Crippen molar-refractivity contribution in [3.8, 4) is 0 Å². The number of ether oxygens (including phenoxy) is 1. The van der Waals surface area contributed by atoms with E-state index in [9.17, 15) is 4.39 Å². The van der Waals surface area contributed by atoms with E-state index in [2.05, 4.69) is 15.1 Å². The third-order valence-corrected chi connectivity index (χ3v) is 5.45. The van der Waals surface area contributed by atoms with Gasteiger partial charge in [-0.1, -0.05) is 51.4 Å². The summed E-state index contributed by atoms with van der Waals surface area (Å²) in [6.45, 7) is 13.3. The average molecular weight is 479 g/mol. The zero-order valence-electron chi connectivity index (χ0n) is 20.1. The highest BCUT2D eigenvalue weighted by Gasteiger charge is 2.25. The molecule has 0 aliphatic carbocycles. The Hall–Kier alpha value is -2.19. The molecule has 8 heteroatoms. The van der Waals surface area contributed by atoms with E-state index in [4.69, 9.17) is 26.4 Å². The molecule has 0 amide bonds. The minimum absolute atomic E-state index is 0.0520. The van der Waals surface area contributed by atoms with Crippen LogP contribution >= 0.6 is 11.6 Å². The fourth-order valence-electron chi connectivity index (χ4n) is 3.62. The quantitative estimate of drug-likeness (QED) is 0.571. The fraction of sp³-hybridized carbons (Fsp3) is 0.480. The second-order valence-corrected chi connectivity index (χ2v) is 7.46. The van der Waals surface area contributed by atoms with Crippen LogP contribution in [-0.4, -0.2) is 73.3 Å². The van der Waals surface area contributed by atoms with Crippen molar-refractivity contribution < 1.29 is 14.2 Å². The number of aliphatic hydroxyl groups is 1. The number of nitrogens with one attached hydrogen (secondary N) is 1. The van der Waals surface area contributed by atoms with Crippen molar-refractivity contribution in [2.24, 2.45) is 4.99 Å². The van der Waals surface area contributed by atoms with Gasteiger partial charge in [0.15, 0.2) is 0 Å². The van der Waals surface area contributed by atoms with E-state index < -0.39 is 5.82 Å². The molecule has 182 valence electrons. The number of aliphatic imine (C=N–C) groups is 1. The first-order chi connectivity index (χ1) is 16.2. The Kier molecular flexibility index (Phi) is 11.6. The summed E-state index contributed by atoms with van der Waals surface area (Å²) in [4.78, 5) is 9.48. The lowest BCUT2D eigenvalue weighted by molar-refractivity contribution is 0.0652. The molecule has 2 aromatic carbocycles. The van der Waals surface area contributed by atoms with Gasteiger partial charge in [0.25, 0.3) is 0 Å². The number of aliphatic hydroxyl groups excluding tert-OH is 1. The number of anilines is 2. The van der Waals surface area contributed by atoms with Gasteiger partial charge < -0.3 is 20.1 Å². The summed E-state index contributed by atoms with van der Waals surface area (Å²) >= 11 is 6.01. The summed E-state index contributed by atoms with van der Waals surface area (Å²) in [6.07, 6.45) is 0. The fourth-order valence-corrected chi connectivity index (χ4v) is 3.78. The third kappa shape index (κ3) is 7.14. The molecular formula is C25H36ClFN4O2. The molecule has 6 nitrogen and oxygen atoms in total. The molecule has 0 spiro atoms. The number of hydrogen-bond donors (Lipinski definition) is 2. The molecule has 0 unspecified atom stereocenters. The highest BCUT2D eigenvalue weighted by Crippen LogP contribution is 2.37. The second-order valence-electron chi connectivity index (χ2n) is 7.05. The van der Waals surface area contributed by atoms with E-state index in [1.807, 2.05) is 52.0 Å². The average Bonchev–Trinajstić information content (AvgIpc) is 3.02. The number of para-hydroxylation sites is 1. The van der Waals surface area contributed by atoms with Crippen molar-refractivity contribution in [2.75, 3.05) is 57.9 Å². The minimum atomic E-state index is -0.467. The van der Waals surface area contributed by atoms with Crippen molar-refractivity contribution in [3.63, 3.8) is 0 Å². The molecule has 0 bridgehead atoms. The lowest BCUT2D eigenvalue weighted by Gasteiger charge is -2.36. The van der Waals surface area contributed by atoms with E-state index >= 15 is 0 Å². The van der Waals surface area contributed by atoms with Crippen LogP contribution in [-0.2, 0) is 4.74 Å². The van der Waals surface area contributed by atoms with E-state index in [1.165, 1.54) is 6.07 Å². The Balaban J connectivity index is 0.000000914. The van der Waals surface area contributed by atoms with Gasteiger partial charge in [-0.25, -0.2) is 9.38 Å². The van der Waals surface area contributed by atoms with Crippen molar-refractivity contribution in [1.29, 1.82) is 0 Å². The number of hydrogen-bond acceptors (Lipinski definition) is 6. The predicted molar refractivity (Wildman–Crippen MR) is 136 cm³/mol. The van der Waals surface area contributed by atoms with Gasteiger partial charge in [0.2, 0.25) is 0 Å². The predicted octanol–water partition coefficient (Wildman–Crippen LogP) is 5.29. The summed E-state index contributed by atoms with van der Waals surface area (Å²) in [7, 11) is 0. The number of amidine groups is 1. The van der Waals surface area contributed by atoms with Crippen molar-refractivity contribution in [1.82, 2.24) is 9.80 Å². The molecule has 1 fully saturated rings. The van der Waals surface area contributed by atoms with Gasteiger partial charge in [-0.2, -0.15) is 0 Å². The standard InChI is InChI=1S/C21H24ClFN4O2.2C2H6/c22-16-13-19-20(14-17(16)23)24-18-4-2-1-3-15(18)21(25-19)27-7-5-26(6-8-27)9-11-29-12-10-28;2*1-2/h1-4,13-14,24,28H,5-12H2;2*1-2H3. The highest BCUT2D eigenvalue weighted by molar-refractivity contribution is 6.31. The van der Waals surface area contributed by atoms with Crippen LogP contribution in [0.3, 0.4) is 0 Å². The molecule has 2 aromatic rings. The SMILES string of the molecule is CC.CC.OCCOCCN1CCN(C2=Nc3cc(Cl)c(F)cc3Nc3ccccc32)CC1. The first-order valence-electron chi connectivity index (χ1n) is 11.8. The monoisotopic (exact) mass is 478 g/mol. The van der Waals surface area contributed by atoms with Gasteiger partial charge >= 0.3 is 0 Å². The second kappa shape index (κ2) is 14.2. The van der Waals surface area contributed by atoms with Gasteiger partial charge in [-0.15, -0.1) is 0 Å². The zero-order chi connectivity index (χ0) is 24.2. The van der Waals surface area contributed by atoms with Crippen LogP contribution in [0.4, 0.5) is 21.5 Å².